The number of likely N-dealkylation sites (tertiary alicyclic amines) is 1. The molecule has 6 nitrogen and oxygen atoms in total. The summed E-state index contributed by atoms with van der Waals surface area (Å²) in [6.45, 7) is 8.29. The Kier molecular flexibility index (Phi) is 7.30. The number of nitrogens with zero attached hydrogens (tertiary/aromatic N) is 3. The molecular formula is C29H40N4O2. The van der Waals surface area contributed by atoms with E-state index in [1.54, 1.807) is 14.2 Å². The van der Waals surface area contributed by atoms with Crippen LogP contribution < -0.4 is 14.8 Å². The van der Waals surface area contributed by atoms with Gasteiger partial charge < -0.3 is 19.2 Å². The second-order valence-corrected chi connectivity index (χ2v) is 10.6. The Morgan fingerprint density at radius 3 is 2.54 bits per heavy atom. The lowest BCUT2D eigenvalue weighted by Gasteiger charge is -2.46. The summed E-state index contributed by atoms with van der Waals surface area (Å²) in [6.07, 6.45) is 10.8. The lowest BCUT2D eigenvalue weighted by Crippen LogP contribution is -2.51. The summed E-state index contributed by atoms with van der Waals surface area (Å²) in [7, 11) is 3.33. The number of fused-ring (bicyclic) bond motifs is 1. The van der Waals surface area contributed by atoms with E-state index >= 15 is 0 Å². The number of piperidine rings is 2. The van der Waals surface area contributed by atoms with Crippen LogP contribution in [0.4, 0.5) is 0 Å². The van der Waals surface area contributed by atoms with Gasteiger partial charge >= 0.3 is 0 Å². The number of hydrogen-bond donors (Lipinski definition) is 1. The van der Waals surface area contributed by atoms with E-state index in [1.165, 1.54) is 57.3 Å². The number of pyridine rings is 1. The molecule has 0 saturated carbocycles. The van der Waals surface area contributed by atoms with Gasteiger partial charge in [0.25, 0.3) is 0 Å². The Morgan fingerprint density at radius 1 is 1.00 bits per heavy atom. The molecule has 0 spiro atoms. The summed E-state index contributed by atoms with van der Waals surface area (Å²) in [5, 5.41) is 3.54. The van der Waals surface area contributed by atoms with Crippen molar-refractivity contribution >= 4 is 5.65 Å². The van der Waals surface area contributed by atoms with Gasteiger partial charge in [-0.15, -0.1) is 0 Å². The first-order valence-corrected chi connectivity index (χ1v) is 13.2. The maximum Gasteiger partial charge on any atom is 0.161 e. The fourth-order valence-corrected chi connectivity index (χ4v) is 6.15. The lowest BCUT2D eigenvalue weighted by molar-refractivity contribution is 0.0561. The van der Waals surface area contributed by atoms with E-state index < -0.39 is 0 Å². The van der Waals surface area contributed by atoms with Gasteiger partial charge in [0.2, 0.25) is 0 Å². The van der Waals surface area contributed by atoms with E-state index in [0.29, 0.717) is 12.0 Å². The second-order valence-electron chi connectivity index (χ2n) is 10.6. The van der Waals surface area contributed by atoms with Gasteiger partial charge in [0.1, 0.15) is 5.65 Å². The van der Waals surface area contributed by atoms with Crippen LogP contribution in [0.25, 0.3) is 16.9 Å². The van der Waals surface area contributed by atoms with Crippen molar-refractivity contribution in [3.8, 4) is 22.8 Å². The van der Waals surface area contributed by atoms with Crippen molar-refractivity contribution in [2.75, 3.05) is 33.9 Å². The zero-order chi connectivity index (χ0) is 24.4. The zero-order valence-electron chi connectivity index (χ0n) is 21.7. The summed E-state index contributed by atoms with van der Waals surface area (Å²) >= 11 is 0. The van der Waals surface area contributed by atoms with Crippen LogP contribution in [0.1, 0.15) is 57.4 Å². The van der Waals surface area contributed by atoms with Crippen LogP contribution in [0.5, 0.6) is 11.5 Å². The van der Waals surface area contributed by atoms with Gasteiger partial charge in [0.15, 0.2) is 11.5 Å². The second kappa shape index (κ2) is 10.6. The number of benzene rings is 1. The molecule has 0 bridgehead atoms. The first kappa shape index (κ1) is 24.1. The third kappa shape index (κ3) is 5.19. The molecule has 2 aliphatic heterocycles. The van der Waals surface area contributed by atoms with Crippen LogP contribution >= 0.6 is 0 Å². The van der Waals surface area contributed by atoms with E-state index in [9.17, 15) is 0 Å². The van der Waals surface area contributed by atoms with Crippen molar-refractivity contribution in [3.63, 3.8) is 0 Å². The predicted octanol–water partition coefficient (Wildman–Crippen LogP) is 5.36. The van der Waals surface area contributed by atoms with E-state index in [0.717, 1.165) is 40.4 Å². The van der Waals surface area contributed by atoms with Gasteiger partial charge in [-0.3, -0.25) is 4.90 Å². The first-order chi connectivity index (χ1) is 17.1. The minimum atomic E-state index is 0.605. The maximum atomic E-state index is 5.49. The molecule has 35 heavy (non-hydrogen) atoms. The normalized spacial score (nSPS) is 22.1. The fraction of sp³-hybridized carbons (Fsp3) is 0.552. The molecule has 4 heterocycles. The summed E-state index contributed by atoms with van der Waals surface area (Å²) in [5.74, 6) is 2.78. The van der Waals surface area contributed by atoms with E-state index in [1.807, 2.05) is 18.2 Å². The molecule has 0 amide bonds. The Hall–Kier alpha value is -2.57. The van der Waals surface area contributed by atoms with Gasteiger partial charge in [-0.25, -0.2) is 4.98 Å². The topological polar surface area (TPSA) is 51.0 Å². The average Bonchev–Trinajstić information content (AvgIpc) is 3.32. The van der Waals surface area contributed by atoms with Crippen LogP contribution in [-0.4, -0.2) is 60.2 Å². The van der Waals surface area contributed by atoms with E-state index in [4.69, 9.17) is 14.5 Å². The summed E-state index contributed by atoms with van der Waals surface area (Å²) in [4.78, 5) is 7.74. The Bertz CT molecular complexity index is 1130. The largest absolute Gasteiger partial charge is 0.493 e. The van der Waals surface area contributed by atoms with Crippen LogP contribution in [0.3, 0.4) is 0 Å². The molecule has 0 radical (unpaired) electrons. The van der Waals surface area contributed by atoms with Crippen LogP contribution in [-0.2, 0) is 0 Å². The van der Waals surface area contributed by atoms with Crippen molar-refractivity contribution in [2.45, 2.75) is 64.0 Å². The minimum Gasteiger partial charge on any atom is -0.493 e. The minimum absolute atomic E-state index is 0.605. The number of aromatic nitrogens is 2. The molecule has 3 aromatic rings. The van der Waals surface area contributed by atoms with E-state index in [-0.39, 0.29) is 0 Å². The molecule has 6 heteroatoms. The molecule has 2 aromatic heterocycles. The molecular weight excluding hydrogens is 436 g/mol. The molecule has 2 fully saturated rings. The third-order valence-corrected chi connectivity index (χ3v) is 7.91. The monoisotopic (exact) mass is 476 g/mol. The van der Waals surface area contributed by atoms with Crippen molar-refractivity contribution in [2.24, 2.45) is 5.92 Å². The fourth-order valence-electron chi connectivity index (χ4n) is 6.15. The Labute approximate surface area is 209 Å². The standard InChI is InChI=1S/C29H40N4O2/c1-20(2)15-25-16-21(11-14-33(25)24-9-12-30-13-10-24)23-6-8-29-31-26(19-32(29)18-23)22-5-7-27(34-3)28(17-22)35-4/h5-8,17-21,24-25,30H,9-16H2,1-4H3/t21?,25-/m1/s1. The van der Waals surface area contributed by atoms with Gasteiger partial charge in [-0.1, -0.05) is 19.9 Å². The molecule has 188 valence electrons. The number of imidazole rings is 1. The Morgan fingerprint density at radius 2 is 1.80 bits per heavy atom. The highest BCUT2D eigenvalue weighted by Gasteiger charge is 2.34. The summed E-state index contributed by atoms with van der Waals surface area (Å²) < 4.78 is 13.1. The predicted molar refractivity (Wildman–Crippen MR) is 142 cm³/mol. The van der Waals surface area contributed by atoms with Crippen LogP contribution in [0.2, 0.25) is 0 Å². The first-order valence-electron chi connectivity index (χ1n) is 13.2. The number of nitrogens with one attached hydrogen (secondary N) is 1. The maximum absolute atomic E-state index is 5.49. The molecule has 1 aromatic carbocycles. The molecule has 5 rings (SSSR count). The SMILES string of the molecule is COc1ccc(-c2cn3cc(C4CCN(C5CCNCC5)[C@H](CC(C)C)C4)ccc3n2)cc1OC. The van der Waals surface area contributed by atoms with Crippen molar-refractivity contribution in [1.82, 2.24) is 19.6 Å². The van der Waals surface area contributed by atoms with Crippen LogP contribution in [0.15, 0.2) is 42.7 Å². The third-order valence-electron chi connectivity index (χ3n) is 7.91. The van der Waals surface area contributed by atoms with Crippen molar-refractivity contribution < 1.29 is 9.47 Å². The molecule has 2 aliphatic rings. The number of methoxy groups -OCH3 is 2. The quantitative estimate of drug-likeness (QED) is 0.497. The number of rotatable bonds is 7. The highest BCUT2D eigenvalue weighted by molar-refractivity contribution is 5.66. The molecule has 2 saturated heterocycles. The summed E-state index contributed by atoms with van der Waals surface area (Å²) in [6, 6.07) is 11.9. The van der Waals surface area contributed by atoms with Gasteiger partial charge in [0, 0.05) is 30.0 Å². The molecule has 1 unspecified atom stereocenters. The molecule has 1 N–H and O–H groups in total. The molecule has 2 atom stereocenters. The molecule has 0 aliphatic carbocycles. The highest BCUT2D eigenvalue weighted by atomic mass is 16.5. The van der Waals surface area contributed by atoms with E-state index in [2.05, 4.69) is 53.0 Å². The van der Waals surface area contributed by atoms with Gasteiger partial charge in [0.05, 0.1) is 19.9 Å². The highest BCUT2D eigenvalue weighted by Crippen LogP contribution is 2.37. The smallest absolute Gasteiger partial charge is 0.161 e. The van der Waals surface area contributed by atoms with Gasteiger partial charge in [-0.2, -0.15) is 0 Å². The number of ether oxygens (including phenoxy) is 2. The Balaban J connectivity index is 1.37. The lowest BCUT2D eigenvalue weighted by atomic mass is 9.81. The number of hydrogen-bond acceptors (Lipinski definition) is 5. The van der Waals surface area contributed by atoms with Crippen LogP contribution in [0, 0.1) is 5.92 Å². The zero-order valence-corrected chi connectivity index (χ0v) is 21.7. The van der Waals surface area contributed by atoms with Crippen molar-refractivity contribution in [3.05, 3.63) is 48.3 Å². The van der Waals surface area contributed by atoms with Crippen molar-refractivity contribution in [1.29, 1.82) is 0 Å². The summed E-state index contributed by atoms with van der Waals surface area (Å²) in [5.41, 5.74) is 4.39. The average molecular weight is 477 g/mol. The van der Waals surface area contributed by atoms with Gasteiger partial charge in [-0.05, 0) is 93.4 Å².